The Balaban J connectivity index is 3.18. The van der Waals surface area contributed by atoms with Crippen LogP contribution in [-0.2, 0) is 9.47 Å². The second-order valence-electron chi connectivity index (χ2n) is 4.52. The van der Waals surface area contributed by atoms with Crippen LogP contribution in [0.2, 0.25) is 5.02 Å². The van der Waals surface area contributed by atoms with E-state index in [9.17, 15) is 9.59 Å². The van der Waals surface area contributed by atoms with E-state index in [2.05, 4.69) is 0 Å². The summed E-state index contributed by atoms with van der Waals surface area (Å²) < 4.78 is 10.1. The minimum Gasteiger partial charge on any atom is -0.442 e. The smallest absolute Gasteiger partial charge is 0.405 e. The third-order valence-electron chi connectivity index (χ3n) is 2.66. The minimum atomic E-state index is -0.992. The van der Waals surface area contributed by atoms with Crippen molar-refractivity contribution in [3.63, 3.8) is 0 Å². The second-order valence-corrected chi connectivity index (χ2v) is 4.93. The molecule has 20 heavy (non-hydrogen) atoms. The van der Waals surface area contributed by atoms with E-state index >= 15 is 0 Å². The molecule has 0 unspecified atom stereocenters. The Bertz CT molecular complexity index is 493. The first-order valence-electron chi connectivity index (χ1n) is 5.99. The van der Waals surface area contributed by atoms with E-state index in [1.807, 2.05) is 0 Å². The van der Waals surface area contributed by atoms with E-state index in [0.29, 0.717) is 10.6 Å². The zero-order valence-corrected chi connectivity index (χ0v) is 12.0. The average molecular weight is 301 g/mol. The SMILES string of the molecule is CC(C)[C@H](OC(N)=O)[C@@H](OC(N)=O)c1ccccc1Cl. The van der Waals surface area contributed by atoms with Crippen LogP contribution in [0, 0.1) is 5.92 Å². The molecular formula is C13H17ClN2O4. The lowest BCUT2D eigenvalue weighted by molar-refractivity contribution is -0.0267. The largest absolute Gasteiger partial charge is 0.442 e. The molecule has 0 aliphatic rings. The van der Waals surface area contributed by atoms with Crippen molar-refractivity contribution in [2.24, 2.45) is 17.4 Å². The molecule has 0 saturated carbocycles. The molecule has 6 nitrogen and oxygen atoms in total. The van der Waals surface area contributed by atoms with Crippen molar-refractivity contribution >= 4 is 23.8 Å². The maximum Gasteiger partial charge on any atom is 0.405 e. The summed E-state index contributed by atoms with van der Waals surface area (Å²) in [6.45, 7) is 3.59. The van der Waals surface area contributed by atoms with Crippen LogP contribution in [0.4, 0.5) is 9.59 Å². The Labute approximate surface area is 122 Å². The number of primary amides is 2. The van der Waals surface area contributed by atoms with Gasteiger partial charge in [-0.25, -0.2) is 9.59 Å². The van der Waals surface area contributed by atoms with Crippen molar-refractivity contribution in [3.05, 3.63) is 34.9 Å². The zero-order valence-electron chi connectivity index (χ0n) is 11.2. The number of ether oxygens (including phenoxy) is 2. The van der Waals surface area contributed by atoms with Gasteiger partial charge in [0.2, 0.25) is 0 Å². The van der Waals surface area contributed by atoms with Crippen molar-refractivity contribution in [3.8, 4) is 0 Å². The Morgan fingerprint density at radius 1 is 1.10 bits per heavy atom. The van der Waals surface area contributed by atoms with Gasteiger partial charge in [-0.05, 0) is 12.0 Å². The Kier molecular flexibility index (Phi) is 5.64. The maximum atomic E-state index is 11.1. The number of halogens is 1. The molecule has 0 saturated heterocycles. The fourth-order valence-electron chi connectivity index (χ4n) is 1.82. The summed E-state index contributed by atoms with van der Waals surface area (Å²) in [5, 5.41) is 0.373. The molecule has 0 aliphatic heterocycles. The van der Waals surface area contributed by atoms with Gasteiger partial charge in [-0.1, -0.05) is 43.6 Å². The van der Waals surface area contributed by atoms with Gasteiger partial charge in [0.15, 0.2) is 6.10 Å². The average Bonchev–Trinajstić information content (AvgIpc) is 2.33. The van der Waals surface area contributed by atoms with Crippen molar-refractivity contribution in [1.29, 1.82) is 0 Å². The van der Waals surface area contributed by atoms with Crippen LogP contribution in [0.5, 0.6) is 0 Å². The van der Waals surface area contributed by atoms with Crippen molar-refractivity contribution in [2.75, 3.05) is 0 Å². The lowest BCUT2D eigenvalue weighted by Crippen LogP contribution is -2.36. The van der Waals surface area contributed by atoms with Crippen LogP contribution in [-0.4, -0.2) is 18.3 Å². The number of benzene rings is 1. The highest BCUT2D eigenvalue weighted by molar-refractivity contribution is 6.31. The number of hydrogen-bond acceptors (Lipinski definition) is 4. The summed E-state index contributed by atoms with van der Waals surface area (Å²) in [4.78, 5) is 22.1. The molecule has 1 aromatic rings. The van der Waals surface area contributed by atoms with Gasteiger partial charge in [0.1, 0.15) is 6.10 Å². The summed E-state index contributed by atoms with van der Waals surface area (Å²) in [5.74, 6) is -0.164. The van der Waals surface area contributed by atoms with Crippen LogP contribution >= 0.6 is 11.6 Å². The van der Waals surface area contributed by atoms with Gasteiger partial charge in [-0.2, -0.15) is 0 Å². The van der Waals surface area contributed by atoms with Gasteiger partial charge in [-0.15, -0.1) is 0 Å². The van der Waals surface area contributed by atoms with Crippen molar-refractivity contribution < 1.29 is 19.1 Å². The highest BCUT2D eigenvalue weighted by atomic mass is 35.5. The minimum absolute atomic E-state index is 0.164. The van der Waals surface area contributed by atoms with E-state index in [1.165, 1.54) is 0 Å². The van der Waals surface area contributed by atoms with E-state index in [-0.39, 0.29) is 5.92 Å². The van der Waals surface area contributed by atoms with Gasteiger partial charge in [0.05, 0.1) is 0 Å². The predicted molar refractivity (Wildman–Crippen MR) is 74.2 cm³/mol. The lowest BCUT2D eigenvalue weighted by Gasteiger charge is -2.29. The van der Waals surface area contributed by atoms with Gasteiger partial charge < -0.3 is 20.9 Å². The molecule has 0 aromatic heterocycles. The number of rotatable bonds is 5. The Morgan fingerprint density at radius 3 is 2.10 bits per heavy atom. The number of carbonyl (C=O) groups excluding carboxylic acids is 2. The molecule has 2 atom stereocenters. The molecule has 1 aromatic carbocycles. The van der Waals surface area contributed by atoms with E-state index in [0.717, 1.165) is 0 Å². The lowest BCUT2D eigenvalue weighted by atomic mass is 9.95. The quantitative estimate of drug-likeness (QED) is 0.871. The predicted octanol–water partition coefficient (Wildman–Crippen LogP) is 2.60. The van der Waals surface area contributed by atoms with Crippen LogP contribution in [0.25, 0.3) is 0 Å². The topological polar surface area (TPSA) is 105 Å². The van der Waals surface area contributed by atoms with Crippen LogP contribution < -0.4 is 11.5 Å². The van der Waals surface area contributed by atoms with E-state index in [4.69, 9.17) is 32.5 Å². The third kappa shape index (κ3) is 4.31. The first-order valence-corrected chi connectivity index (χ1v) is 6.37. The Hall–Kier alpha value is -1.95. The van der Waals surface area contributed by atoms with Crippen molar-refractivity contribution in [1.82, 2.24) is 0 Å². The fraction of sp³-hybridized carbons (Fsp3) is 0.385. The highest BCUT2D eigenvalue weighted by Crippen LogP contribution is 2.32. The molecule has 0 fully saturated rings. The van der Waals surface area contributed by atoms with E-state index < -0.39 is 24.4 Å². The molecule has 0 bridgehead atoms. The fourth-order valence-corrected chi connectivity index (χ4v) is 2.06. The maximum absolute atomic E-state index is 11.1. The molecule has 1 rings (SSSR count). The van der Waals surface area contributed by atoms with E-state index in [1.54, 1.807) is 38.1 Å². The number of carbonyl (C=O) groups is 2. The number of amides is 2. The first kappa shape index (κ1) is 16.1. The second kappa shape index (κ2) is 7.00. The van der Waals surface area contributed by atoms with Crippen molar-refractivity contribution in [2.45, 2.75) is 26.1 Å². The first-order chi connectivity index (χ1) is 9.32. The molecule has 0 radical (unpaired) electrons. The Morgan fingerprint density at radius 2 is 1.65 bits per heavy atom. The molecule has 4 N–H and O–H groups in total. The standard InChI is InChI=1S/C13H17ClN2O4/c1-7(2)10(19-12(15)17)11(20-13(16)18)8-5-3-4-6-9(8)14/h3-7,10-11H,1-2H3,(H2,15,17)(H2,16,18)/t10-,11-/m0/s1. The molecule has 0 spiro atoms. The highest BCUT2D eigenvalue weighted by Gasteiger charge is 2.33. The normalized spacial score (nSPS) is 13.6. The monoisotopic (exact) mass is 300 g/mol. The summed E-state index contributed by atoms with van der Waals surface area (Å²) in [6, 6.07) is 6.75. The van der Waals surface area contributed by atoms with Gasteiger partial charge in [0, 0.05) is 10.6 Å². The molecule has 0 heterocycles. The molecular weight excluding hydrogens is 284 g/mol. The molecule has 7 heteroatoms. The van der Waals surface area contributed by atoms with Crippen LogP contribution in [0.15, 0.2) is 24.3 Å². The molecule has 110 valence electrons. The summed E-state index contributed by atoms with van der Waals surface area (Å²) >= 11 is 6.08. The number of nitrogens with two attached hydrogens (primary N) is 2. The summed E-state index contributed by atoms with van der Waals surface area (Å²) in [6.07, 6.45) is -3.67. The summed E-state index contributed by atoms with van der Waals surface area (Å²) in [5.41, 5.74) is 10.6. The van der Waals surface area contributed by atoms with Gasteiger partial charge >= 0.3 is 12.2 Å². The molecule has 2 amide bonds. The summed E-state index contributed by atoms with van der Waals surface area (Å²) in [7, 11) is 0. The third-order valence-corrected chi connectivity index (χ3v) is 3.01. The number of hydrogen-bond donors (Lipinski definition) is 2. The molecule has 0 aliphatic carbocycles. The van der Waals surface area contributed by atoms with Crippen LogP contribution in [0.3, 0.4) is 0 Å². The van der Waals surface area contributed by atoms with Gasteiger partial charge in [-0.3, -0.25) is 0 Å². The zero-order chi connectivity index (χ0) is 15.3. The van der Waals surface area contributed by atoms with Crippen LogP contribution in [0.1, 0.15) is 25.5 Å². The van der Waals surface area contributed by atoms with Gasteiger partial charge in [0.25, 0.3) is 0 Å².